The average Bonchev–Trinajstić information content (AvgIpc) is 2.29. The highest BCUT2D eigenvalue weighted by Crippen LogP contribution is 2.23. The van der Waals surface area contributed by atoms with Gasteiger partial charge in [-0.15, -0.1) is 0 Å². The van der Waals surface area contributed by atoms with Gasteiger partial charge in [-0.25, -0.2) is 0 Å². The normalized spacial score (nSPS) is 14.7. The van der Waals surface area contributed by atoms with Gasteiger partial charge in [-0.05, 0) is 30.5 Å². The number of aliphatic hydroxyl groups excluding tert-OH is 1. The lowest BCUT2D eigenvalue weighted by atomic mass is 9.96. The zero-order chi connectivity index (χ0) is 12.8. The molecule has 3 nitrogen and oxygen atoms in total. The standard InChI is InChI=1S/C14H23NO2/c1-10(2)14(15-9-11(3)16)12-5-7-13(17-4)8-6-12/h5-8,10-11,14-16H,9H2,1-4H3. The fourth-order valence-electron chi connectivity index (χ4n) is 1.85. The quantitative estimate of drug-likeness (QED) is 0.798. The van der Waals surface area contributed by atoms with Gasteiger partial charge in [0, 0.05) is 12.6 Å². The van der Waals surface area contributed by atoms with Crippen molar-refractivity contribution < 1.29 is 9.84 Å². The molecule has 2 atom stereocenters. The van der Waals surface area contributed by atoms with Gasteiger partial charge in [0.05, 0.1) is 13.2 Å². The summed E-state index contributed by atoms with van der Waals surface area (Å²) < 4.78 is 5.15. The van der Waals surface area contributed by atoms with E-state index in [4.69, 9.17) is 4.74 Å². The number of hydrogen-bond acceptors (Lipinski definition) is 3. The van der Waals surface area contributed by atoms with Gasteiger partial charge in [0.2, 0.25) is 0 Å². The topological polar surface area (TPSA) is 41.5 Å². The molecular formula is C14H23NO2. The first-order valence-electron chi connectivity index (χ1n) is 6.10. The average molecular weight is 237 g/mol. The van der Waals surface area contributed by atoms with E-state index in [1.165, 1.54) is 5.56 Å². The van der Waals surface area contributed by atoms with Crippen molar-refractivity contribution in [1.29, 1.82) is 0 Å². The predicted octanol–water partition coefficient (Wildman–Crippen LogP) is 2.36. The number of hydrogen-bond donors (Lipinski definition) is 2. The maximum absolute atomic E-state index is 9.33. The summed E-state index contributed by atoms with van der Waals surface area (Å²) >= 11 is 0. The molecule has 0 bridgehead atoms. The molecule has 0 radical (unpaired) electrons. The highest BCUT2D eigenvalue weighted by Gasteiger charge is 2.15. The van der Waals surface area contributed by atoms with E-state index < -0.39 is 0 Å². The second kappa shape index (κ2) is 6.62. The lowest BCUT2D eigenvalue weighted by Crippen LogP contribution is -2.31. The van der Waals surface area contributed by atoms with Gasteiger partial charge in [-0.3, -0.25) is 0 Å². The second-order valence-electron chi connectivity index (χ2n) is 4.75. The second-order valence-corrected chi connectivity index (χ2v) is 4.75. The number of rotatable bonds is 6. The summed E-state index contributed by atoms with van der Waals surface area (Å²) in [6, 6.07) is 8.33. The van der Waals surface area contributed by atoms with Gasteiger partial charge in [-0.2, -0.15) is 0 Å². The van der Waals surface area contributed by atoms with E-state index in [2.05, 4.69) is 31.3 Å². The minimum atomic E-state index is -0.325. The number of aliphatic hydroxyl groups is 1. The molecule has 1 rings (SSSR count). The first-order valence-corrected chi connectivity index (χ1v) is 6.10. The van der Waals surface area contributed by atoms with Gasteiger partial charge in [0.25, 0.3) is 0 Å². The summed E-state index contributed by atoms with van der Waals surface area (Å²) in [6.45, 7) is 6.74. The molecule has 0 saturated heterocycles. The maximum Gasteiger partial charge on any atom is 0.118 e. The summed E-state index contributed by atoms with van der Waals surface area (Å²) in [6.07, 6.45) is -0.325. The van der Waals surface area contributed by atoms with E-state index in [0.717, 1.165) is 5.75 Å². The van der Waals surface area contributed by atoms with Crippen LogP contribution in [0.3, 0.4) is 0 Å². The minimum absolute atomic E-state index is 0.260. The Kier molecular flexibility index (Phi) is 5.45. The van der Waals surface area contributed by atoms with Gasteiger partial charge in [0.15, 0.2) is 0 Å². The van der Waals surface area contributed by atoms with Crippen molar-refractivity contribution in [3.8, 4) is 5.75 Å². The molecule has 1 aromatic rings. The molecule has 0 spiro atoms. The number of benzene rings is 1. The summed E-state index contributed by atoms with van der Waals surface area (Å²) in [4.78, 5) is 0. The van der Waals surface area contributed by atoms with Gasteiger partial charge >= 0.3 is 0 Å². The van der Waals surface area contributed by atoms with Crippen molar-refractivity contribution >= 4 is 0 Å². The van der Waals surface area contributed by atoms with Crippen LogP contribution in [0, 0.1) is 5.92 Å². The number of methoxy groups -OCH3 is 1. The first kappa shape index (κ1) is 14.0. The molecule has 3 heteroatoms. The molecule has 0 aliphatic heterocycles. The van der Waals surface area contributed by atoms with E-state index in [9.17, 15) is 5.11 Å². The van der Waals surface area contributed by atoms with Crippen molar-refractivity contribution in [2.24, 2.45) is 5.92 Å². The molecule has 0 saturated carbocycles. The monoisotopic (exact) mass is 237 g/mol. The van der Waals surface area contributed by atoms with Crippen LogP contribution in [-0.4, -0.2) is 24.9 Å². The molecule has 0 aromatic heterocycles. The van der Waals surface area contributed by atoms with Gasteiger partial charge in [0.1, 0.15) is 5.75 Å². The van der Waals surface area contributed by atoms with Crippen LogP contribution < -0.4 is 10.1 Å². The third-order valence-corrected chi connectivity index (χ3v) is 2.77. The fraction of sp³-hybridized carbons (Fsp3) is 0.571. The highest BCUT2D eigenvalue weighted by atomic mass is 16.5. The summed E-state index contributed by atoms with van der Waals surface area (Å²) in [5.74, 6) is 1.34. The molecule has 96 valence electrons. The predicted molar refractivity (Wildman–Crippen MR) is 70.3 cm³/mol. The van der Waals surface area contributed by atoms with Gasteiger partial charge < -0.3 is 15.2 Å². The van der Waals surface area contributed by atoms with E-state index in [1.54, 1.807) is 14.0 Å². The Morgan fingerprint density at radius 1 is 1.18 bits per heavy atom. The van der Waals surface area contributed by atoms with Crippen LogP contribution in [0.1, 0.15) is 32.4 Å². The van der Waals surface area contributed by atoms with Crippen molar-refractivity contribution in [1.82, 2.24) is 5.32 Å². The van der Waals surface area contributed by atoms with Crippen LogP contribution in [-0.2, 0) is 0 Å². The molecule has 17 heavy (non-hydrogen) atoms. The van der Waals surface area contributed by atoms with E-state index >= 15 is 0 Å². The molecule has 0 amide bonds. The molecular weight excluding hydrogens is 214 g/mol. The van der Waals surface area contributed by atoms with Crippen LogP contribution in [0.2, 0.25) is 0 Å². The van der Waals surface area contributed by atoms with Gasteiger partial charge in [-0.1, -0.05) is 26.0 Å². The zero-order valence-electron chi connectivity index (χ0n) is 11.1. The Morgan fingerprint density at radius 2 is 1.76 bits per heavy atom. The first-order chi connectivity index (χ1) is 8.04. The Hall–Kier alpha value is -1.06. The van der Waals surface area contributed by atoms with Crippen molar-refractivity contribution in [2.75, 3.05) is 13.7 Å². The Bertz CT molecular complexity index is 319. The summed E-state index contributed by atoms with van der Waals surface area (Å²) in [5, 5.41) is 12.7. The Labute approximate surface area is 104 Å². The molecule has 0 aliphatic rings. The molecule has 0 fully saturated rings. The Balaban J connectivity index is 2.74. The van der Waals surface area contributed by atoms with E-state index in [0.29, 0.717) is 12.5 Å². The van der Waals surface area contributed by atoms with Crippen molar-refractivity contribution in [3.63, 3.8) is 0 Å². The third kappa shape index (κ3) is 4.36. The Morgan fingerprint density at radius 3 is 2.18 bits per heavy atom. The molecule has 2 N–H and O–H groups in total. The molecule has 2 unspecified atom stereocenters. The number of ether oxygens (including phenoxy) is 1. The largest absolute Gasteiger partial charge is 0.497 e. The van der Waals surface area contributed by atoms with Crippen LogP contribution in [0.5, 0.6) is 5.75 Å². The summed E-state index contributed by atoms with van der Waals surface area (Å²) in [7, 11) is 1.67. The fourth-order valence-corrected chi connectivity index (χ4v) is 1.85. The van der Waals surface area contributed by atoms with E-state index in [-0.39, 0.29) is 12.1 Å². The van der Waals surface area contributed by atoms with Crippen molar-refractivity contribution in [2.45, 2.75) is 32.9 Å². The molecule has 0 aliphatic carbocycles. The van der Waals surface area contributed by atoms with Crippen LogP contribution >= 0.6 is 0 Å². The number of nitrogens with one attached hydrogen (secondary N) is 1. The van der Waals surface area contributed by atoms with Crippen LogP contribution in [0.25, 0.3) is 0 Å². The minimum Gasteiger partial charge on any atom is -0.497 e. The third-order valence-electron chi connectivity index (χ3n) is 2.77. The lowest BCUT2D eigenvalue weighted by Gasteiger charge is -2.24. The smallest absolute Gasteiger partial charge is 0.118 e. The highest BCUT2D eigenvalue weighted by molar-refractivity contribution is 5.29. The molecule has 1 aromatic carbocycles. The maximum atomic E-state index is 9.33. The van der Waals surface area contributed by atoms with Crippen LogP contribution in [0.4, 0.5) is 0 Å². The SMILES string of the molecule is COc1ccc(C(NCC(C)O)C(C)C)cc1. The summed E-state index contributed by atoms with van der Waals surface area (Å²) in [5.41, 5.74) is 1.22. The lowest BCUT2D eigenvalue weighted by molar-refractivity contribution is 0.181. The zero-order valence-corrected chi connectivity index (χ0v) is 11.1. The van der Waals surface area contributed by atoms with Crippen molar-refractivity contribution in [3.05, 3.63) is 29.8 Å². The van der Waals surface area contributed by atoms with E-state index in [1.807, 2.05) is 12.1 Å². The van der Waals surface area contributed by atoms with Crippen LogP contribution in [0.15, 0.2) is 24.3 Å². The molecule has 0 heterocycles.